The van der Waals surface area contributed by atoms with Crippen molar-refractivity contribution in [3.05, 3.63) is 53.5 Å². The number of H-pyrrole nitrogens is 1. The van der Waals surface area contributed by atoms with Gasteiger partial charge < -0.3 is 20.8 Å². The summed E-state index contributed by atoms with van der Waals surface area (Å²) >= 11 is 0. The molecular formula is C22H25F3N6O2. The molecule has 0 saturated carbocycles. The number of aromatic nitrogens is 2. The van der Waals surface area contributed by atoms with E-state index in [4.69, 9.17) is 10.5 Å². The fourth-order valence-corrected chi connectivity index (χ4v) is 3.30. The van der Waals surface area contributed by atoms with E-state index in [0.717, 1.165) is 30.8 Å². The summed E-state index contributed by atoms with van der Waals surface area (Å²) in [6.07, 6.45) is -1.44. The number of nitrogens with two attached hydrogens (primary N) is 1. The number of guanidine groups is 1. The van der Waals surface area contributed by atoms with E-state index in [1.54, 1.807) is 12.3 Å². The molecule has 0 unspecified atom stereocenters. The minimum atomic E-state index is -4.63. The second-order valence-electron chi connectivity index (χ2n) is 7.23. The summed E-state index contributed by atoms with van der Waals surface area (Å²) in [4.78, 5) is 25.0. The number of fused-ring (bicyclic) bond motifs is 1. The van der Waals surface area contributed by atoms with Gasteiger partial charge in [-0.15, -0.1) is 0 Å². The highest BCUT2D eigenvalue weighted by Gasteiger charge is 2.34. The number of amides is 1. The number of halogens is 3. The predicted octanol–water partition coefficient (Wildman–Crippen LogP) is 3.89. The highest BCUT2D eigenvalue weighted by Crippen LogP contribution is 2.39. The number of hydrogen-bond donors (Lipinski definition) is 3. The number of aromatic amines is 1. The molecule has 3 rings (SSSR count). The van der Waals surface area contributed by atoms with Crippen LogP contribution in [0.2, 0.25) is 0 Å². The Hall–Kier alpha value is -3.60. The number of pyridine rings is 1. The molecule has 176 valence electrons. The molecule has 0 radical (unpaired) electrons. The van der Waals surface area contributed by atoms with E-state index in [1.807, 2.05) is 0 Å². The first-order chi connectivity index (χ1) is 15.7. The zero-order valence-corrected chi connectivity index (χ0v) is 18.5. The Balaban J connectivity index is 2.02. The summed E-state index contributed by atoms with van der Waals surface area (Å²) in [6, 6.07) is 4.99. The normalized spacial score (nSPS) is 12.4. The number of alkyl halides is 3. The Morgan fingerprint density at radius 2 is 1.97 bits per heavy atom. The first kappa shape index (κ1) is 24.1. The van der Waals surface area contributed by atoms with Gasteiger partial charge in [-0.2, -0.15) is 18.2 Å². The largest absolute Gasteiger partial charge is 0.454 e. The van der Waals surface area contributed by atoms with Crippen LogP contribution in [0.1, 0.15) is 35.5 Å². The minimum Gasteiger partial charge on any atom is -0.454 e. The molecule has 1 aromatic carbocycles. The Bertz CT molecular complexity index is 1170. The number of nitrogens with one attached hydrogen (secondary N) is 2. The standard InChI is InChI=1S/C22H25F3N6O2/c1-4-31(5-2)12-13-8-14(11-28-10-13)33-18-7-6-16(22(23,24)25)15-9-17(29-19(15)18)20(32)30-21(26)27-3/h6-11,29H,4-5,12H2,1-3H3,(H3,26,27,30,32). The van der Waals surface area contributed by atoms with Gasteiger partial charge in [0.05, 0.1) is 17.3 Å². The second kappa shape index (κ2) is 9.90. The van der Waals surface area contributed by atoms with Gasteiger partial charge in [0, 0.05) is 25.2 Å². The molecule has 2 aromatic heterocycles. The predicted molar refractivity (Wildman–Crippen MR) is 119 cm³/mol. The van der Waals surface area contributed by atoms with Crippen LogP contribution in [0.5, 0.6) is 11.5 Å². The third kappa shape index (κ3) is 5.61. The number of nitrogens with zero attached hydrogens (tertiary/aromatic N) is 3. The molecule has 0 bridgehead atoms. The van der Waals surface area contributed by atoms with Gasteiger partial charge in [-0.05, 0) is 42.9 Å². The number of benzene rings is 1. The molecule has 0 fully saturated rings. The van der Waals surface area contributed by atoms with E-state index in [0.29, 0.717) is 12.3 Å². The van der Waals surface area contributed by atoms with Crippen molar-refractivity contribution in [3.8, 4) is 11.5 Å². The number of ether oxygens (including phenoxy) is 1. The average Bonchev–Trinajstić information content (AvgIpc) is 3.23. The van der Waals surface area contributed by atoms with Crippen LogP contribution in [0.15, 0.2) is 41.7 Å². The summed E-state index contributed by atoms with van der Waals surface area (Å²) in [5.41, 5.74) is 5.35. The lowest BCUT2D eigenvalue weighted by molar-refractivity contribution is -0.136. The summed E-state index contributed by atoms with van der Waals surface area (Å²) in [7, 11) is 1.47. The molecular weight excluding hydrogens is 437 g/mol. The molecule has 1 amide bonds. The minimum absolute atomic E-state index is 0.0144. The van der Waals surface area contributed by atoms with E-state index in [-0.39, 0.29) is 28.3 Å². The van der Waals surface area contributed by atoms with Crippen LogP contribution in [-0.2, 0) is 12.7 Å². The molecule has 2 heterocycles. The van der Waals surface area contributed by atoms with Gasteiger partial charge >= 0.3 is 6.18 Å². The average molecular weight is 462 g/mol. The van der Waals surface area contributed by atoms with Crippen LogP contribution in [0.25, 0.3) is 10.9 Å². The molecule has 3 aromatic rings. The Morgan fingerprint density at radius 1 is 1.24 bits per heavy atom. The third-order valence-corrected chi connectivity index (χ3v) is 5.07. The molecule has 0 aliphatic carbocycles. The zero-order chi connectivity index (χ0) is 24.2. The smallest absolute Gasteiger partial charge is 0.417 e. The van der Waals surface area contributed by atoms with Crippen LogP contribution in [0.3, 0.4) is 0 Å². The molecule has 4 N–H and O–H groups in total. The van der Waals surface area contributed by atoms with E-state index in [9.17, 15) is 18.0 Å². The molecule has 33 heavy (non-hydrogen) atoms. The number of carbonyl (C=O) groups is 1. The van der Waals surface area contributed by atoms with Crippen molar-refractivity contribution < 1.29 is 22.7 Å². The van der Waals surface area contributed by atoms with Gasteiger partial charge in [0.2, 0.25) is 0 Å². The SMILES string of the molecule is CCN(CC)Cc1cncc(Oc2ccc(C(F)(F)F)c3cc(C(=O)N=C(N)NC)[nH]c23)c1. The molecule has 0 aliphatic rings. The van der Waals surface area contributed by atoms with E-state index < -0.39 is 17.6 Å². The van der Waals surface area contributed by atoms with Gasteiger partial charge in [-0.1, -0.05) is 13.8 Å². The third-order valence-electron chi connectivity index (χ3n) is 5.07. The van der Waals surface area contributed by atoms with Gasteiger partial charge in [-0.25, -0.2) is 0 Å². The Morgan fingerprint density at radius 3 is 2.61 bits per heavy atom. The first-order valence-electron chi connectivity index (χ1n) is 10.3. The van der Waals surface area contributed by atoms with Gasteiger partial charge in [0.1, 0.15) is 11.4 Å². The summed E-state index contributed by atoms with van der Waals surface area (Å²) in [5, 5.41) is 2.27. The maximum Gasteiger partial charge on any atom is 0.417 e. The van der Waals surface area contributed by atoms with E-state index >= 15 is 0 Å². The monoisotopic (exact) mass is 462 g/mol. The topological polar surface area (TPSA) is 109 Å². The van der Waals surface area contributed by atoms with Crippen molar-refractivity contribution in [2.75, 3.05) is 20.1 Å². The highest BCUT2D eigenvalue weighted by atomic mass is 19.4. The fourth-order valence-electron chi connectivity index (χ4n) is 3.30. The lowest BCUT2D eigenvalue weighted by Crippen LogP contribution is -2.28. The molecule has 0 atom stereocenters. The molecule has 8 nitrogen and oxygen atoms in total. The molecule has 0 saturated heterocycles. The number of hydrogen-bond acceptors (Lipinski definition) is 4. The van der Waals surface area contributed by atoms with E-state index in [2.05, 4.69) is 39.0 Å². The maximum atomic E-state index is 13.6. The van der Waals surface area contributed by atoms with Crippen LogP contribution in [-0.4, -0.2) is 46.9 Å². The Labute approximate surface area is 188 Å². The maximum absolute atomic E-state index is 13.6. The second-order valence-corrected chi connectivity index (χ2v) is 7.23. The van der Waals surface area contributed by atoms with Gasteiger partial charge in [0.25, 0.3) is 5.91 Å². The van der Waals surface area contributed by atoms with Crippen molar-refractivity contribution in [1.29, 1.82) is 0 Å². The first-order valence-corrected chi connectivity index (χ1v) is 10.3. The number of rotatable bonds is 7. The fraction of sp³-hybridized carbons (Fsp3) is 0.318. The van der Waals surface area contributed by atoms with Crippen LogP contribution < -0.4 is 15.8 Å². The molecule has 11 heteroatoms. The quantitative estimate of drug-likeness (QED) is 0.363. The van der Waals surface area contributed by atoms with Crippen molar-refractivity contribution in [2.24, 2.45) is 10.7 Å². The lowest BCUT2D eigenvalue weighted by atomic mass is 10.1. The number of carbonyl (C=O) groups excluding carboxylic acids is 1. The molecule has 0 spiro atoms. The van der Waals surface area contributed by atoms with Gasteiger partial charge in [0.15, 0.2) is 11.7 Å². The van der Waals surface area contributed by atoms with Crippen molar-refractivity contribution in [2.45, 2.75) is 26.6 Å². The van der Waals surface area contributed by atoms with Crippen LogP contribution in [0, 0.1) is 0 Å². The lowest BCUT2D eigenvalue weighted by Gasteiger charge is -2.18. The van der Waals surface area contributed by atoms with Crippen molar-refractivity contribution in [3.63, 3.8) is 0 Å². The number of aliphatic imine (C=N–C) groups is 1. The summed E-state index contributed by atoms with van der Waals surface area (Å²) < 4.78 is 46.6. The Kier molecular flexibility index (Phi) is 7.22. The van der Waals surface area contributed by atoms with Crippen LogP contribution in [0.4, 0.5) is 13.2 Å². The summed E-state index contributed by atoms with van der Waals surface area (Å²) in [6.45, 7) is 6.48. The van der Waals surface area contributed by atoms with Crippen molar-refractivity contribution >= 4 is 22.8 Å². The van der Waals surface area contributed by atoms with E-state index in [1.165, 1.54) is 19.3 Å². The summed E-state index contributed by atoms with van der Waals surface area (Å²) in [5.74, 6) is -0.507. The van der Waals surface area contributed by atoms with Crippen LogP contribution >= 0.6 is 0 Å². The van der Waals surface area contributed by atoms with Gasteiger partial charge in [-0.3, -0.25) is 14.7 Å². The van der Waals surface area contributed by atoms with Crippen molar-refractivity contribution in [1.82, 2.24) is 20.2 Å². The highest BCUT2D eigenvalue weighted by molar-refractivity contribution is 6.05. The zero-order valence-electron chi connectivity index (χ0n) is 18.5. The molecule has 0 aliphatic heterocycles.